The molecule has 0 aliphatic carbocycles. The monoisotopic (exact) mass is 662 g/mol. The Labute approximate surface area is 180 Å². The summed E-state index contributed by atoms with van der Waals surface area (Å²) in [5.41, 5.74) is 8.35. The number of carbonyl (C=O) groups excluding carboxylic acids is 1. The lowest BCUT2D eigenvalue weighted by molar-refractivity contribution is -0.136. The molecule has 5 nitrogen and oxygen atoms in total. The van der Waals surface area contributed by atoms with Crippen molar-refractivity contribution in [3.63, 3.8) is 0 Å². The molecule has 2 rings (SSSR count). The van der Waals surface area contributed by atoms with Gasteiger partial charge in [0.05, 0.1) is 17.7 Å². The number of para-hydroxylation sites is 1. The topological polar surface area (TPSA) is 92.4 Å². The maximum absolute atomic E-state index is 13.0. The Balaban J connectivity index is 2.41. The highest BCUT2D eigenvalue weighted by atomic mass is 127. The number of ketones is 1. The third-order valence-electron chi connectivity index (χ3n) is 3.26. The van der Waals surface area contributed by atoms with Gasteiger partial charge in [0.2, 0.25) is 0 Å². The average molecular weight is 662 g/mol. The molecule has 0 saturated heterocycles. The van der Waals surface area contributed by atoms with Crippen LogP contribution in [0.15, 0.2) is 30.3 Å². The Hall–Kier alpha value is -0.630. The molecule has 2 aromatic rings. The van der Waals surface area contributed by atoms with Gasteiger partial charge in [0, 0.05) is 28.5 Å². The van der Waals surface area contributed by atoms with Crippen LogP contribution < -0.4 is 11.1 Å². The smallest absolute Gasteiger partial charge is 0.305 e. The first-order valence-electron chi connectivity index (χ1n) is 6.85. The predicted molar refractivity (Wildman–Crippen MR) is 120 cm³/mol. The second-order valence-electron chi connectivity index (χ2n) is 4.89. The van der Waals surface area contributed by atoms with Crippen LogP contribution >= 0.6 is 67.8 Å². The van der Waals surface area contributed by atoms with Crippen LogP contribution in [0.2, 0.25) is 0 Å². The first-order valence-corrected chi connectivity index (χ1v) is 10.1. The maximum atomic E-state index is 13.0. The van der Waals surface area contributed by atoms with Crippen molar-refractivity contribution in [3.05, 3.63) is 52.2 Å². The van der Waals surface area contributed by atoms with Crippen molar-refractivity contribution in [2.75, 3.05) is 17.6 Å². The van der Waals surface area contributed by atoms with Gasteiger partial charge >= 0.3 is 5.97 Å². The molecule has 8 heteroatoms. The third-order valence-corrected chi connectivity index (χ3v) is 6.12. The standard InChI is InChI=1S/C16H13I3N2O3/c17-9-7-10(18)15(20)14(19)13(9)16(24)8-3-1-2-4-11(8)21-6-5-12(22)23/h1-4,7,21H,5-6,20H2,(H,22,23). The van der Waals surface area contributed by atoms with Crippen molar-refractivity contribution in [2.45, 2.75) is 6.42 Å². The molecular formula is C16H13I3N2O3. The van der Waals surface area contributed by atoms with Crippen LogP contribution in [-0.4, -0.2) is 23.4 Å². The van der Waals surface area contributed by atoms with Gasteiger partial charge in [-0.3, -0.25) is 9.59 Å². The summed E-state index contributed by atoms with van der Waals surface area (Å²) >= 11 is 6.38. The lowest BCUT2D eigenvalue weighted by Crippen LogP contribution is -2.14. The van der Waals surface area contributed by atoms with Gasteiger partial charge < -0.3 is 16.2 Å². The van der Waals surface area contributed by atoms with Crippen LogP contribution in [0.25, 0.3) is 0 Å². The molecule has 0 amide bonds. The highest BCUT2D eigenvalue weighted by molar-refractivity contribution is 14.1. The maximum Gasteiger partial charge on any atom is 0.305 e. The van der Waals surface area contributed by atoms with Gasteiger partial charge in [-0.25, -0.2) is 0 Å². The largest absolute Gasteiger partial charge is 0.481 e. The lowest BCUT2D eigenvalue weighted by atomic mass is 10.0. The van der Waals surface area contributed by atoms with Crippen molar-refractivity contribution in [2.24, 2.45) is 0 Å². The molecule has 24 heavy (non-hydrogen) atoms. The van der Waals surface area contributed by atoms with E-state index in [0.717, 1.165) is 10.7 Å². The highest BCUT2D eigenvalue weighted by Crippen LogP contribution is 2.32. The van der Waals surface area contributed by atoms with Crippen molar-refractivity contribution in [1.29, 1.82) is 0 Å². The number of nitrogens with one attached hydrogen (secondary N) is 1. The molecule has 0 aromatic heterocycles. The van der Waals surface area contributed by atoms with E-state index in [0.29, 0.717) is 22.5 Å². The van der Waals surface area contributed by atoms with Crippen LogP contribution in [0.5, 0.6) is 0 Å². The van der Waals surface area contributed by atoms with E-state index in [2.05, 4.69) is 73.1 Å². The Morgan fingerprint density at radius 2 is 1.79 bits per heavy atom. The summed E-state index contributed by atoms with van der Waals surface area (Å²) in [5.74, 6) is -1.02. The Bertz CT molecular complexity index is 809. The molecule has 0 saturated carbocycles. The lowest BCUT2D eigenvalue weighted by Gasteiger charge is -2.14. The van der Waals surface area contributed by atoms with Crippen LogP contribution in [0, 0.1) is 10.7 Å². The fourth-order valence-electron chi connectivity index (χ4n) is 2.09. The van der Waals surface area contributed by atoms with Gasteiger partial charge in [-0.15, -0.1) is 0 Å². The van der Waals surface area contributed by atoms with E-state index in [1.165, 1.54) is 0 Å². The van der Waals surface area contributed by atoms with Crippen LogP contribution in [0.1, 0.15) is 22.3 Å². The summed E-state index contributed by atoms with van der Waals surface area (Å²) in [7, 11) is 0. The van der Waals surface area contributed by atoms with Crippen molar-refractivity contribution >= 4 is 90.9 Å². The minimum atomic E-state index is -0.888. The number of nitrogens with two attached hydrogens (primary N) is 1. The molecule has 0 fully saturated rings. The van der Waals surface area contributed by atoms with Gasteiger partial charge in [-0.05, 0) is 86.0 Å². The van der Waals surface area contributed by atoms with E-state index in [9.17, 15) is 9.59 Å². The molecule has 0 aliphatic rings. The van der Waals surface area contributed by atoms with E-state index in [-0.39, 0.29) is 18.7 Å². The molecule has 0 heterocycles. The van der Waals surface area contributed by atoms with Crippen LogP contribution in [0.3, 0.4) is 0 Å². The Morgan fingerprint density at radius 1 is 1.12 bits per heavy atom. The number of hydrogen-bond donors (Lipinski definition) is 3. The third kappa shape index (κ3) is 4.50. The average Bonchev–Trinajstić information content (AvgIpc) is 2.52. The molecule has 4 N–H and O–H groups in total. The predicted octanol–water partition coefficient (Wildman–Crippen LogP) is 4.20. The van der Waals surface area contributed by atoms with Gasteiger partial charge in [-0.1, -0.05) is 12.1 Å². The quantitative estimate of drug-likeness (QED) is 0.245. The summed E-state index contributed by atoms with van der Waals surface area (Å²) in [6, 6.07) is 8.96. The summed E-state index contributed by atoms with van der Waals surface area (Å²) in [6.45, 7) is 0.253. The molecule has 126 valence electrons. The van der Waals surface area contributed by atoms with E-state index < -0.39 is 5.97 Å². The summed E-state index contributed by atoms with van der Waals surface area (Å²) in [4.78, 5) is 23.7. The SMILES string of the molecule is Nc1c(I)cc(I)c(C(=O)c2ccccc2NCCC(=O)O)c1I. The number of aliphatic carboxylic acids is 1. The number of hydrogen-bond acceptors (Lipinski definition) is 4. The van der Waals surface area contributed by atoms with Crippen LogP contribution in [-0.2, 0) is 4.79 Å². The highest BCUT2D eigenvalue weighted by Gasteiger charge is 2.21. The van der Waals surface area contributed by atoms with Crippen molar-refractivity contribution in [1.82, 2.24) is 0 Å². The van der Waals surface area contributed by atoms with Gasteiger partial charge in [0.25, 0.3) is 0 Å². The van der Waals surface area contributed by atoms with Crippen LogP contribution in [0.4, 0.5) is 11.4 Å². The number of carboxylic acids is 1. The summed E-state index contributed by atoms with van der Waals surface area (Å²) in [5, 5.41) is 11.8. The Morgan fingerprint density at radius 3 is 2.46 bits per heavy atom. The van der Waals surface area contributed by atoms with Gasteiger partial charge in [0.1, 0.15) is 0 Å². The minimum Gasteiger partial charge on any atom is -0.481 e. The number of anilines is 2. The second kappa shape index (κ2) is 8.65. The molecule has 0 bridgehead atoms. The van der Waals surface area contributed by atoms with Gasteiger partial charge in [-0.2, -0.15) is 0 Å². The number of carboxylic acid groups (broad SMARTS) is 1. The van der Waals surface area contributed by atoms with Crippen molar-refractivity contribution in [3.8, 4) is 0 Å². The first-order chi connectivity index (χ1) is 11.3. The summed E-state index contributed by atoms with van der Waals surface area (Å²) < 4.78 is 2.47. The molecule has 2 aromatic carbocycles. The number of benzene rings is 2. The fraction of sp³-hybridized carbons (Fsp3) is 0.125. The zero-order chi connectivity index (χ0) is 17.9. The van der Waals surface area contributed by atoms with Crippen molar-refractivity contribution < 1.29 is 14.7 Å². The number of carbonyl (C=O) groups is 2. The normalized spacial score (nSPS) is 10.5. The minimum absolute atomic E-state index is 0.0198. The van der Waals surface area contributed by atoms with Gasteiger partial charge in [0.15, 0.2) is 5.78 Å². The molecule has 0 aliphatic heterocycles. The zero-order valence-electron chi connectivity index (χ0n) is 12.3. The number of rotatable bonds is 6. The Kier molecular flexibility index (Phi) is 7.10. The van der Waals surface area contributed by atoms with E-state index in [1.807, 2.05) is 6.07 Å². The first kappa shape index (κ1) is 19.7. The van der Waals surface area contributed by atoms with E-state index in [4.69, 9.17) is 10.8 Å². The van der Waals surface area contributed by atoms with E-state index in [1.54, 1.807) is 24.3 Å². The molecular weight excluding hydrogens is 649 g/mol. The zero-order valence-corrected chi connectivity index (χ0v) is 18.7. The number of halogens is 3. The van der Waals surface area contributed by atoms with E-state index >= 15 is 0 Å². The fourth-order valence-corrected chi connectivity index (χ4v) is 5.95. The second-order valence-corrected chi connectivity index (χ2v) is 8.29. The molecule has 0 spiro atoms. The summed E-state index contributed by atoms with van der Waals surface area (Å²) in [6.07, 6.45) is -0.0198. The number of nitrogen functional groups attached to an aromatic ring is 1. The molecule has 0 radical (unpaired) electrons. The molecule has 0 atom stereocenters. The molecule has 0 unspecified atom stereocenters.